The van der Waals surface area contributed by atoms with Crippen molar-refractivity contribution in [1.82, 2.24) is 9.97 Å². The van der Waals surface area contributed by atoms with Crippen LogP contribution >= 0.6 is 15.9 Å². The third-order valence-corrected chi connectivity index (χ3v) is 2.84. The molecule has 0 fully saturated rings. The summed E-state index contributed by atoms with van der Waals surface area (Å²) < 4.78 is 0.769. The molecule has 0 amide bonds. The molecule has 0 saturated heterocycles. The van der Waals surface area contributed by atoms with Crippen molar-refractivity contribution in [2.45, 2.75) is 19.8 Å². The van der Waals surface area contributed by atoms with Gasteiger partial charge in [0.2, 0.25) is 0 Å². The number of imidazole rings is 1. The number of nitrogens with zero attached hydrogens (tertiary/aromatic N) is 1. The Morgan fingerprint density at radius 1 is 1.20 bits per heavy atom. The van der Waals surface area contributed by atoms with Gasteiger partial charge in [0.05, 0.1) is 11.9 Å². The third-order valence-electron chi connectivity index (χ3n) is 2.43. The zero-order valence-electron chi connectivity index (χ0n) is 8.79. The first-order chi connectivity index (χ1) is 7.16. The van der Waals surface area contributed by atoms with Crippen molar-refractivity contribution in [1.29, 1.82) is 0 Å². The van der Waals surface area contributed by atoms with Crippen LogP contribution in [0.25, 0.3) is 11.3 Å². The summed E-state index contributed by atoms with van der Waals surface area (Å²) in [6.45, 7) is 4.39. The lowest BCUT2D eigenvalue weighted by atomic mass is 10.0. The van der Waals surface area contributed by atoms with Gasteiger partial charge in [-0.15, -0.1) is 0 Å². The van der Waals surface area contributed by atoms with Gasteiger partial charge in [-0.3, -0.25) is 0 Å². The maximum Gasteiger partial charge on any atom is 0.174 e. The van der Waals surface area contributed by atoms with Gasteiger partial charge in [-0.1, -0.05) is 38.1 Å². The molecule has 0 aliphatic heterocycles. The molecule has 15 heavy (non-hydrogen) atoms. The zero-order valence-corrected chi connectivity index (χ0v) is 10.4. The number of aromatic nitrogens is 2. The molecule has 78 valence electrons. The van der Waals surface area contributed by atoms with Gasteiger partial charge in [-0.25, -0.2) is 4.98 Å². The van der Waals surface area contributed by atoms with Crippen molar-refractivity contribution in [2.24, 2.45) is 0 Å². The van der Waals surface area contributed by atoms with Gasteiger partial charge in [0.15, 0.2) is 4.73 Å². The number of benzene rings is 1. The fourth-order valence-electron chi connectivity index (χ4n) is 1.49. The van der Waals surface area contributed by atoms with Crippen molar-refractivity contribution >= 4 is 15.9 Å². The Hall–Kier alpha value is -1.09. The molecule has 1 heterocycles. The van der Waals surface area contributed by atoms with Crippen LogP contribution in [0, 0.1) is 0 Å². The van der Waals surface area contributed by atoms with Gasteiger partial charge in [0, 0.05) is 0 Å². The Balaban J connectivity index is 2.31. The fourth-order valence-corrected chi connectivity index (χ4v) is 1.81. The van der Waals surface area contributed by atoms with Gasteiger partial charge in [-0.05, 0) is 33.0 Å². The number of nitrogens with one attached hydrogen (secondary N) is 1. The van der Waals surface area contributed by atoms with Crippen LogP contribution < -0.4 is 0 Å². The monoisotopic (exact) mass is 264 g/mol. The quantitative estimate of drug-likeness (QED) is 0.874. The summed E-state index contributed by atoms with van der Waals surface area (Å²) in [7, 11) is 0. The fraction of sp³-hybridized carbons (Fsp3) is 0.250. The molecular weight excluding hydrogens is 252 g/mol. The van der Waals surface area contributed by atoms with E-state index in [1.165, 1.54) is 5.56 Å². The normalized spacial score (nSPS) is 10.9. The summed E-state index contributed by atoms with van der Waals surface area (Å²) in [6, 6.07) is 8.56. The highest BCUT2D eigenvalue weighted by Crippen LogP contribution is 2.22. The molecule has 2 nitrogen and oxygen atoms in total. The minimum atomic E-state index is 0.576. The number of rotatable bonds is 2. The van der Waals surface area contributed by atoms with E-state index in [-0.39, 0.29) is 0 Å². The third kappa shape index (κ3) is 2.29. The lowest BCUT2D eigenvalue weighted by molar-refractivity contribution is 0.867. The summed E-state index contributed by atoms with van der Waals surface area (Å²) in [5.74, 6) is 0.576. The average molecular weight is 265 g/mol. The van der Waals surface area contributed by atoms with Crippen molar-refractivity contribution in [3.63, 3.8) is 0 Å². The summed E-state index contributed by atoms with van der Waals surface area (Å²) in [5.41, 5.74) is 3.56. The molecule has 0 atom stereocenters. The van der Waals surface area contributed by atoms with Crippen molar-refractivity contribution in [2.75, 3.05) is 0 Å². The molecule has 0 bridgehead atoms. The largest absolute Gasteiger partial charge is 0.333 e. The summed E-state index contributed by atoms with van der Waals surface area (Å²) in [4.78, 5) is 7.26. The molecular formula is C12H13BrN2. The smallest absolute Gasteiger partial charge is 0.174 e. The summed E-state index contributed by atoms with van der Waals surface area (Å²) >= 11 is 3.30. The van der Waals surface area contributed by atoms with E-state index in [1.807, 2.05) is 6.20 Å². The van der Waals surface area contributed by atoms with Crippen molar-refractivity contribution in [3.05, 3.63) is 40.8 Å². The molecule has 2 aromatic rings. The first kappa shape index (κ1) is 10.4. The number of H-pyrrole nitrogens is 1. The number of hydrogen-bond donors (Lipinski definition) is 1. The van der Waals surface area contributed by atoms with E-state index in [4.69, 9.17) is 0 Å². The molecule has 3 heteroatoms. The molecule has 1 aromatic carbocycles. The van der Waals surface area contributed by atoms with E-state index in [0.717, 1.165) is 16.0 Å². The predicted molar refractivity (Wildman–Crippen MR) is 65.8 cm³/mol. The van der Waals surface area contributed by atoms with Gasteiger partial charge < -0.3 is 4.98 Å². The Morgan fingerprint density at radius 3 is 2.33 bits per heavy atom. The van der Waals surface area contributed by atoms with Crippen LogP contribution in [-0.4, -0.2) is 9.97 Å². The maximum absolute atomic E-state index is 4.11. The van der Waals surface area contributed by atoms with Gasteiger partial charge in [0.1, 0.15) is 0 Å². The van der Waals surface area contributed by atoms with E-state index in [0.29, 0.717) is 5.92 Å². The molecule has 0 unspecified atom stereocenters. The number of hydrogen-bond acceptors (Lipinski definition) is 1. The topological polar surface area (TPSA) is 28.7 Å². The SMILES string of the molecule is CC(C)c1ccc(-c2cnc(Br)[nH]2)cc1. The first-order valence-electron chi connectivity index (χ1n) is 4.97. The van der Waals surface area contributed by atoms with E-state index < -0.39 is 0 Å². The van der Waals surface area contributed by atoms with Crippen LogP contribution in [0.1, 0.15) is 25.3 Å². The number of aromatic amines is 1. The second kappa shape index (κ2) is 4.19. The number of halogens is 1. The standard InChI is InChI=1S/C12H13BrN2/c1-8(2)9-3-5-10(6-4-9)11-7-14-12(13)15-11/h3-8H,1-2H3,(H,14,15). The van der Waals surface area contributed by atoms with Crippen LogP contribution in [0.5, 0.6) is 0 Å². The van der Waals surface area contributed by atoms with Gasteiger partial charge >= 0.3 is 0 Å². The highest BCUT2D eigenvalue weighted by molar-refractivity contribution is 9.10. The van der Waals surface area contributed by atoms with Crippen LogP contribution in [0.2, 0.25) is 0 Å². The van der Waals surface area contributed by atoms with Gasteiger partial charge in [-0.2, -0.15) is 0 Å². The molecule has 1 N–H and O–H groups in total. The van der Waals surface area contributed by atoms with E-state index in [9.17, 15) is 0 Å². The van der Waals surface area contributed by atoms with Crippen molar-refractivity contribution in [3.8, 4) is 11.3 Å². The Bertz CT molecular complexity index is 443. The van der Waals surface area contributed by atoms with Gasteiger partial charge in [0.25, 0.3) is 0 Å². The molecule has 2 rings (SSSR count). The zero-order chi connectivity index (χ0) is 10.8. The molecule has 0 aliphatic rings. The molecule has 0 spiro atoms. The molecule has 0 aliphatic carbocycles. The van der Waals surface area contributed by atoms with Crippen LogP contribution in [-0.2, 0) is 0 Å². The molecule has 1 aromatic heterocycles. The highest BCUT2D eigenvalue weighted by Gasteiger charge is 2.02. The predicted octanol–water partition coefficient (Wildman–Crippen LogP) is 3.96. The van der Waals surface area contributed by atoms with Crippen LogP contribution in [0.3, 0.4) is 0 Å². The second-order valence-corrected chi connectivity index (χ2v) is 4.62. The Labute approximate surface area is 97.9 Å². The van der Waals surface area contributed by atoms with E-state index in [1.54, 1.807) is 0 Å². The molecule has 0 radical (unpaired) electrons. The average Bonchev–Trinajstić information content (AvgIpc) is 2.65. The highest BCUT2D eigenvalue weighted by atomic mass is 79.9. The summed E-state index contributed by atoms with van der Waals surface area (Å²) in [6.07, 6.45) is 1.83. The summed E-state index contributed by atoms with van der Waals surface area (Å²) in [5, 5.41) is 0. The van der Waals surface area contributed by atoms with Crippen molar-refractivity contribution < 1.29 is 0 Å². The second-order valence-electron chi connectivity index (χ2n) is 3.86. The molecule has 0 saturated carbocycles. The lowest BCUT2D eigenvalue weighted by Crippen LogP contribution is -1.86. The minimum Gasteiger partial charge on any atom is -0.333 e. The van der Waals surface area contributed by atoms with E-state index in [2.05, 4.69) is 64.0 Å². The first-order valence-corrected chi connectivity index (χ1v) is 5.77. The van der Waals surface area contributed by atoms with Crippen LogP contribution in [0.15, 0.2) is 35.2 Å². The van der Waals surface area contributed by atoms with E-state index >= 15 is 0 Å². The maximum atomic E-state index is 4.11. The minimum absolute atomic E-state index is 0.576. The van der Waals surface area contributed by atoms with Crippen LogP contribution in [0.4, 0.5) is 0 Å². The Kier molecular flexibility index (Phi) is 2.91. The lowest BCUT2D eigenvalue weighted by Gasteiger charge is -2.05. The Morgan fingerprint density at radius 2 is 1.87 bits per heavy atom.